The highest BCUT2D eigenvalue weighted by molar-refractivity contribution is 6.02. The Morgan fingerprint density at radius 1 is 0.949 bits per heavy atom. The van der Waals surface area contributed by atoms with E-state index in [0.29, 0.717) is 28.7 Å². The fraction of sp³-hybridized carbons (Fsp3) is 0.125. The molecule has 5 rings (SSSR count). The molecule has 7 nitrogen and oxygen atoms in total. The Morgan fingerprint density at radius 2 is 1.74 bits per heavy atom. The molecular weight excluding hydrogens is 488 g/mol. The highest BCUT2D eigenvalue weighted by Gasteiger charge is 2.22. The van der Waals surface area contributed by atoms with Gasteiger partial charge in [-0.3, -0.25) is 9.59 Å². The number of carbonyl (C=O) groups excluding carboxylic acids is 2. The number of amides is 1. The highest BCUT2D eigenvalue weighted by Crippen LogP contribution is 2.31. The van der Waals surface area contributed by atoms with Gasteiger partial charge in [-0.1, -0.05) is 60.2 Å². The molecule has 1 atom stereocenters. The Kier molecular flexibility index (Phi) is 7.88. The van der Waals surface area contributed by atoms with Crippen molar-refractivity contribution in [1.29, 1.82) is 0 Å². The molecule has 2 N–H and O–H groups in total. The SMILES string of the molecule is CC1=CC(C(=O)Nc2ccc(-c3oc(-c4ccccc4)nc3C(=O)CNc3ccccn3)cc2)/C=C\C/C=C\1. The summed E-state index contributed by atoms with van der Waals surface area (Å²) >= 11 is 0. The van der Waals surface area contributed by atoms with Crippen LogP contribution in [0.2, 0.25) is 0 Å². The molecule has 0 saturated heterocycles. The number of anilines is 2. The van der Waals surface area contributed by atoms with Crippen molar-refractivity contribution in [3.05, 3.63) is 121 Å². The molecule has 0 fully saturated rings. The number of aromatic nitrogens is 2. The zero-order chi connectivity index (χ0) is 27.0. The third-order valence-electron chi connectivity index (χ3n) is 6.16. The van der Waals surface area contributed by atoms with Crippen LogP contribution < -0.4 is 10.6 Å². The molecule has 0 spiro atoms. The largest absolute Gasteiger partial charge is 0.435 e. The van der Waals surface area contributed by atoms with Crippen molar-refractivity contribution >= 4 is 23.2 Å². The van der Waals surface area contributed by atoms with Gasteiger partial charge in [-0.25, -0.2) is 9.97 Å². The maximum absolute atomic E-state index is 13.2. The second kappa shape index (κ2) is 12.0. The third kappa shape index (κ3) is 6.45. The predicted molar refractivity (Wildman–Crippen MR) is 153 cm³/mol. The third-order valence-corrected chi connectivity index (χ3v) is 6.16. The maximum Gasteiger partial charge on any atom is 0.235 e. The lowest BCUT2D eigenvalue weighted by Crippen LogP contribution is -2.20. The van der Waals surface area contributed by atoms with E-state index in [-0.39, 0.29) is 29.8 Å². The summed E-state index contributed by atoms with van der Waals surface area (Å²) in [6, 6.07) is 22.1. The molecule has 7 heteroatoms. The molecule has 0 saturated carbocycles. The second-order valence-electron chi connectivity index (χ2n) is 9.12. The van der Waals surface area contributed by atoms with Crippen LogP contribution in [0.3, 0.4) is 0 Å². The van der Waals surface area contributed by atoms with Crippen LogP contribution >= 0.6 is 0 Å². The van der Waals surface area contributed by atoms with Crippen molar-refractivity contribution in [2.45, 2.75) is 13.3 Å². The second-order valence-corrected chi connectivity index (χ2v) is 9.12. The molecule has 0 aliphatic heterocycles. The quantitative estimate of drug-likeness (QED) is 0.199. The minimum atomic E-state index is -0.354. The summed E-state index contributed by atoms with van der Waals surface area (Å²) < 4.78 is 6.13. The van der Waals surface area contributed by atoms with Gasteiger partial charge in [0, 0.05) is 23.0 Å². The van der Waals surface area contributed by atoms with Crippen LogP contribution in [-0.2, 0) is 4.79 Å². The van der Waals surface area contributed by atoms with Gasteiger partial charge in [0.25, 0.3) is 0 Å². The molecule has 1 unspecified atom stereocenters. The Morgan fingerprint density at radius 3 is 2.51 bits per heavy atom. The van der Waals surface area contributed by atoms with Gasteiger partial charge in [0.15, 0.2) is 11.5 Å². The highest BCUT2D eigenvalue weighted by atomic mass is 16.4. The predicted octanol–water partition coefficient (Wildman–Crippen LogP) is 6.72. The van der Waals surface area contributed by atoms with Crippen molar-refractivity contribution in [3.63, 3.8) is 0 Å². The zero-order valence-electron chi connectivity index (χ0n) is 21.5. The van der Waals surface area contributed by atoms with Crippen molar-refractivity contribution < 1.29 is 14.0 Å². The Balaban J connectivity index is 1.38. The van der Waals surface area contributed by atoms with E-state index in [1.807, 2.05) is 85.8 Å². The number of oxazole rings is 1. The molecule has 39 heavy (non-hydrogen) atoms. The molecular formula is C32H28N4O3. The average Bonchev–Trinajstić information content (AvgIpc) is 3.41. The van der Waals surface area contributed by atoms with E-state index in [4.69, 9.17) is 4.42 Å². The molecule has 1 aliphatic carbocycles. The number of nitrogens with zero attached hydrogens (tertiary/aromatic N) is 2. The van der Waals surface area contributed by atoms with Crippen molar-refractivity contribution in [2.24, 2.45) is 5.92 Å². The van der Waals surface area contributed by atoms with Gasteiger partial charge < -0.3 is 15.1 Å². The van der Waals surface area contributed by atoms with Crippen LogP contribution in [0.5, 0.6) is 0 Å². The van der Waals surface area contributed by atoms with E-state index in [2.05, 4.69) is 26.7 Å². The van der Waals surface area contributed by atoms with E-state index >= 15 is 0 Å². The fourth-order valence-electron chi connectivity index (χ4n) is 4.18. The molecule has 2 aromatic heterocycles. The summed E-state index contributed by atoms with van der Waals surface area (Å²) in [4.78, 5) is 34.9. The number of carbonyl (C=O) groups is 2. The van der Waals surface area contributed by atoms with Gasteiger partial charge >= 0.3 is 0 Å². The topological polar surface area (TPSA) is 97.1 Å². The van der Waals surface area contributed by atoms with Crippen molar-refractivity contribution in [2.75, 3.05) is 17.2 Å². The Labute approximate surface area is 227 Å². The lowest BCUT2D eigenvalue weighted by Gasteiger charge is -2.12. The van der Waals surface area contributed by atoms with E-state index in [1.165, 1.54) is 0 Å². The summed E-state index contributed by atoms with van der Waals surface area (Å²) in [7, 11) is 0. The van der Waals surface area contributed by atoms with Crippen LogP contribution in [0, 0.1) is 5.92 Å². The molecule has 1 amide bonds. The number of benzene rings is 2. The number of pyridine rings is 1. The van der Waals surface area contributed by atoms with E-state index < -0.39 is 0 Å². The van der Waals surface area contributed by atoms with Crippen LogP contribution in [0.4, 0.5) is 11.5 Å². The van der Waals surface area contributed by atoms with Crippen LogP contribution in [0.15, 0.2) is 119 Å². The zero-order valence-corrected chi connectivity index (χ0v) is 21.5. The Hall–Kier alpha value is -5.04. The monoisotopic (exact) mass is 516 g/mol. The molecule has 4 aromatic rings. The van der Waals surface area contributed by atoms with Gasteiger partial charge in [-0.15, -0.1) is 0 Å². The summed E-state index contributed by atoms with van der Waals surface area (Å²) in [5, 5.41) is 6.02. The summed E-state index contributed by atoms with van der Waals surface area (Å²) in [5.74, 6) is 0.624. The van der Waals surface area contributed by atoms with Gasteiger partial charge in [-0.2, -0.15) is 0 Å². The molecule has 2 heterocycles. The van der Waals surface area contributed by atoms with Crippen molar-refractivity contribution in [3.8, 4) is 22.8 Å². The molecule has 0 radical (unpaired) electrons. The summed E-state index contributed by atoms with van der Waals surface area (Å²) in [6.07, 6.45) is 12.4. The normalized spacial score (nSPS) is 16.3. The first-order valence-corrected chi connectivity index (χ1v) is 12.7. The first-order chi connectivity index (χ1) is 19.1. The van der Waals surface area contributed by atoms with E-state index in [1.54, 1.807) is 24.4 Å². The first-order valence-electron chi connectivity index (χ1n) is 12.7. The Bertz CT molecular complexity index is 1540. The van der Waals surface area contributed by atoms with Crippen LogP contribution in [0.1, 0.15) is 23.8 Å². The summed E-state index contributed by atoms with van der Waals surface area (Å²) in [6.45, 7) is 1.99. The number of hydrogen-bond donors (Lipinski definition) is 2. The van der Waals surface area contributed by atoms with E-state index in [0.717, 1.165) is 17.6 Å². The van der Waals surface area contributed by atoms with Gasteiger partial charge in [0.1, 0.15) is 5.82 Å². The first kappa shape index (κ1) is 25.6. The standard InChI is InChI=1S/C32H28N4O3/c1-22-10-4-2-7-13-25(20-22)31(38)35-26-17-15-23(16-18-26)30-29(27(37)21-34-28-14-8-9-19-33-28)36-32(39-30)24-11-5-3-6-12-24/h3-20,25H,2,21H2,1H3,(H,33,34)(H,35,38)/b10-4-,13-7-,22-20?. The van der Waals surface area contributed by atoms with Gasteiger partial charge in [0.05, 0.1) is 12.5 Å². The van der Waals surface area contributed by atoms with Crippen LogP contribution in [-0.4, -0.2) is 28.2 Å². The molecule has 2 aromatic carbocycles. The number of allylic oxidation sites excluding steroid dienone is 4. The van der Waals surface area contributed by atoms with Gasteiger partial charge in [-0.05, 0) is 61.9 Å². The fourth-order valence-corrected chi connectivity index (χ4v) is 4.18. The van der Waals surface area contributed by atoms with E-state index in [9.17, 15) is 9.59 Å². The number of rotatable bonds is 8. The van der Waals surface area contributed by atoms with Crippen LogP contribution in [0.25, 0.3) is 22.8 Å². The smallest absolute Gasteiger partial charge is 0.235 e. The lowest BCUT2D eigenvalue weighted by molar-refractivity contribution is -0.117. The number of ketones is 1. The minimum absolute atomic E-state index is 0.00987. The lowest BCUT2D eigenvalue weighted by atomic mass is 10.0. The maximum atomic E-state index is 13.2. The number of Topliss-reactive ketones (excluding diaryl/α,β-unsaturated/α-hetero) is 1. The minimum Gasteiger partial charge on any atom is -0.435 e. The van der Waals surface area contributed by atoms with Gasteiger partial charge in [0.2, 0.25) is 17.6 Å². The molecule has 194 valence electrons. The number of nitrogens with one attached hydrogen (secondary N) is 2. The molecule has 1 aliphatic rings. The average molecular weight is 517 g/mol. The number of hydrogen-bond acceptors (Lipinski definition) is 6. The molecule has 0 bridgehead atoms. The van der Waals surface area contributed by atoms with Crippen molar-refractivity contribution in [1.82, 2.24) is 9.97 Å². The summed E-state index contributed by atoms with van der Waals surface area (Å²) in [5.41, 5.74) is 3.36.